The van der Waals surface area contributed by atoms with Gasteiger partial charge in [-0.05, 0) is 27.9 Å². The average Bonchev–Trinajstić information content (AvgIpc) is 2.77. The summed E-state index contributed by atoms with van der Waals surface area (Å²) in [5.41, 5.74) is 0.685. The molecule has 19 heavy (non-hydrogen) atoms. The Morgan fingerprint density at radius 2 is 2.05 bits per heavy atom. The van der Waals surface area contributed by atoms with Crippen molar-refractivity contribution in [1.82, 2.24) is 10.1 Å². The molecule has 102 valence electrons. The second-order valence-electron chi connectivity index (χ2n) is 4.22. The summed E-state index contributed by atoms with van der Waals surface area (Å²) in [6.45, 7) is 3.88. The second kappa shape index (κ2) is 5.30. The minimum atomic E-state index is -3.72. The number of aromatic nitrogens is 2. The third kappa shape index (κ3) is 3.32. The number of sulfonamides is 1. The zero-order chi connectivity index (χ0) is 14.0. The van der Waals surface area contributed by atoms with Gasteiger partial charge >= 0.3 is 0 Å². The summed E-state index contributed by atoms with van der Waals surface area (Å²) in [5, 5.41) is 3.78. The molecule has 0 unspecified atom stereocenters. The van der Waals surface area contributed by atoms with Crippen LogP contribution in [0, 0.1) is 0 Å². The fraction of sp³-hybridized carbons (Fsp3) is 0.273. The summed E-state index contributed by atoms with van der Waals surface area (Å²) in [7, 11) is -3.72. The molecule has 2 heterocycles. The van der Waals surface area contributed by atoms with E-state index in [1.807, 2.05) is 13.8 Å². The first-order chi connectivity index (χ1) is 8.88. The predicted molar refractivity (Wildman–Crippen MR) is 73.3 cm³/mol. The van der Waals surface area contributed by atoms with E-state index in [0.29, 0.717) is 10.2 Å². The maximum absolute atomic E-state index is 12.1. The molecule has 2 aromatic rings. The first kappa shape index (κ1) is 14.0. The lowest BCUT2D eigenvalue weighted by Gasteiger charge is -2.04. The fourth-order valence-corrected chi connectivity index (χ4v) is 2.82. The van der Waals surface area contributed by atoms with Crippen LogP contribution in [0.2, 0.25) is 0 Å². The van der Waals surface area contributed by atoms with Gasteiger partial charge in [-0.1, -0.05) is 19.0 Å². The zero-order valence-corrected chi connectivity index (χ0v) is 12.7. The van der Waals surface area contributed by atoms with E-state index in [1.54, 1.807) is 6.07 Å². The van der Waals surface area contributed by atoms with Crippen molar-refractivity contribution < 1.29 is 12.9 Å². The van der Waals surface area contributed by atoms with Gasteiger partial charge < -0.3 is 4.52 Å². The number of nitrogens with zero attached hydrogens (tertiary/aromatic N) is 2. The molecule has 0 bridgehead atoms. The normalized spacial score (nSPS) is 11.8. The number of anilines is 1. The molecule has 0 saturated heterocycles. The molecule has 1 N–H and O–H groups in total. The Hall–Kier alpha value is -1.41. The molecule has 0 aliphatic carbocycles. The highest BCUT2D eigenvalue weighted by atomic mass is 79.9. The Labute approximate surface area is 119 Å². The van der Waals surface area contributed by atoms with Crippen molar-refractivity contribution in [2.45, 2.75) is 24.7 Å². The minimum absolute atomic E-state index is 0.0457. The molecule has 0 spiro atoms. The number of nitrogens with one attached hydrogen (secondary N) is 1. The van der Waals surface area contributed by atoms with E-state index in [4.69, 9.17) is 4.52 Å². The molecule has 8 heteroatoms. The van der Waals surface area contributed by atoms with E-state index < -0.39 is 10.0 Å². The number of rotatable bonds is 4. The van der Waals surface area contributed by atoms with Crippen molar-refractivity contribution >= 4 is 31.8 Å². The van der Waals surface area contributed by atoms with E-state index in [2.05, 4.69) is 30.8 Å². The van der Waals surface area contributed by atoms with Gasteiger partial charge in [-0.25, -0.2) is 13.1 Å². The summed E-state index contributed by atoms with van der Waals surface area (Å²) >= 11 is 3.17. The van der Waals surface area contributed by atoms with E-state index in [-0.39, 0.29) is 16.7 Å². The summed E-state index contributed by atoms with van der Waals surface area (Å²) < 4.78 is 32.0. The molecule has 0 radical (unpaired) electrons. The maximum Gasteiger partial charge on any atom is 0.265 e. The molecule has 0 fully saturated rings. The lowest BCUT2D eigenvalue weighted by molar-refractivity contribution is 0.423. The number of pyridine rings is 1. The van der Waals surface area contributed by atoms with E-state index >= 15 is 0 Å². The van der Waals surface area contributed by atoms with Crippen LogP contribution in [-0.4, -0.2) is 18.6 Å². The van der Waals surface area contributed by atoms with Crippen molar-refractivity contribution in [2.75, 3.05) is 4.72 Å². The number of hydrogen-bond donors (Lipinski definition) is 1. The monoisotopic (exact) mass is 345 g/mol. The predicted octanol–water partition coefficient (Wildman–Crippen LogP) is 2.76. The largest absolute Gasteiger partial charge is 0.338 e. The molecule has 2 aromatic heterocycles. The summed E-state index contributed by atoms with van der Waals surface area (Å²) in [6.07, 6.45) is 2.76. The average molecular weight is 346 g/mol. The van der Waals surface area contributed by atoms with Gasteiger partial charge in [0.1, 0.15) is 4.90 Å². The highest BCUT2D eigenvalue weighted by molar-refractivity contribution is 9.10. The Morgan fingerprint density at radius 3 is 2.63 bits per heavy atom. The van der Waals surface area contributed by atoms with Crippen LogP contribution in [0.4, 0.5) is 5.88 Å². The van der Waals surface area contributed by atoms with Gasteiger partial charge in [0.25, 0.3) is 10.0 Å². The summed E-state index contributed by atoms with van der Waals surface area (Å²) in [6, 6.07) is 3.02. The minimum Gasteiger partial charge on any atom is -0.338 e. The lowest BCUT2D eigenvalue weighted by atomic mass is 10.1. The van der Waals surface area contributed by atoms with Crippen LogP contribution in [0.1, 0.15) is 25.5 Å². The molecule has 6 nitrogen and oxygen atoms in total. The molecule has 0 saturated carbocycles. The Balaban J connectivity index is 2.26. The molecule has 2 rings (SSSR count). The molecule has 0 aliphatic heterocycles. The van der Waals surface area contributed by atoms with Gasteiger partial charge in [0.15, 0.2) is 0 Å². The van der Waals surface area contributed by atoms with Crippen molar-refractivity contribution in [3.8, 4) is 0 Å². The fourth-order valence-electron chi connectivity index (χ4n) is 1.34. The smallest absolute Gasteiger partial charge is 0.265 e. The van der Waals surface area contributed by atoms with Gasteiger partial charge in [0.05, 0.1) is 5.69 Å². The molecule has 0 amide bonds. The van der Waals surface area contributed by atoms with E-state index in [9.17, 15) is 8.42 Å². The lowest BCUT2D eigenvalue weighted by Crippen LogP contribution is -2.12. The molecule has 0 aliphatic rings. The van der Waals surface area contributed by atoms with Gasteiger partial charge in [-0.15, -0.1) is 0 Å². The first-order valence-electron chi connectivity index (χ1n) is 5.48. The molecule has 0 aromatic carbocycles. The van der Waals surface area contributed by atoms with Gasteiger partial charge in [-0.2, -0.15) is 0 Å². The number of hydrogen-bond acceptors (Lipinski definition) is 5. The third-order valence-electron chi connectivity index (χ3n) is 2.34. The van der Waals surface area contributed by atoms with Crippen molar-refractivity contribution in [1.29, 1.82) is 0 Å². The third-order valence-corrected chi connectivity index (χ3v) is 4.09. The quantitative estimate of drug-likeness (QED) is 0.920. The summed E-state index contributed by atoms with van der Waals surface area (Å²) in [5.74, 6) is 0.248. The topological polar surface area (TPSA) is 85.1 Å². The van der Waals surface area contributed by atoms with Crippen LogP contribution in [0.15, 0.2) is 38.4 Å². The molecular formula is C11H12BrN3O3S. The number of halogens is 1. The van der Waals surface area contributed by atoms with Crippen molar-refractivity contribution in [2.24, 2.45) is 0 Å². The Bertz CT molecular complexity index is 682. The van der Waals surface area contributed by atoms with Crippen molar-refractivity contribution in [3.63, 3.8) is 0 Å². The SMILES string of the molecule is CC(C)c1cc(NS(=O)(=O)c2cncc(Br)c2)on1. The summed E-state index contributed by atoms with van der Waals surface area (Å²) in [4.78, 5) is 3.86. The highest BCUT2D eigenvalue weighted by Crippen LogP contribution is 2.21. The highest BCUT2D eigenvalue weighted by Gasteiger charge is 2.18. The van der Waals surface area contributed by atoms with Crippen LogP contribution in [0.5, 0.6) is 0 Å². The van der Waals surface area contributed by atoms with Gasteiger partial charge in [0, 0.05) is 22.9 Å². The van der Waals surface area contributed by atoms with Crippen molar-refractivity contribution in [3.05, 3.63) is 34.7 Å². The van der Waals surface area contributed by atoms with Crippen LogP contribution < -0.4 is 4.72 Å². The van der Waals surface area contributed by atoms with Crippen LogP contribution in [0.25, 0.3) is 0 Å². The standard InChI is InChI=1S/C11H12BrN3O3S/c1-7(2)10-4-11(18-14-10)15-19(16,17)9-3-8(12)5-13-6-9/h3-7,15H,1-2H3. The van der Waals surface area contributed by atoms with E-state index in [0.717, 1.165) is 0 Å². The van der Waals surface area contributed by atoms with Gasteiger partial charge in [-0.3, -0.25) is 4.98 Å². The maximum atomic E-state index is 12.1. The Morgan fingerprint density at radius 1 is 1.32 bits per heavy atom. The van der Waals surface area contributed by atoms with Crippen LogP contribution in [0.3, 0.4) is 0 Å². The van der Waals surface area contributed by atoms with Gasteiger partial charge in [0.2, 0.25) is 5.88 Å². The van der Waals surface area contributed by atoms with E-state index in [1.165, 1.54) is 18.5 Å². The van der Waals surface area contributed by atoms with Crippen LogP contribution in [-0.2, 0) is 10.0 Å². The molecular weight excluding hydrogens is 334 g/mol. The van der Waals surface area contributed by atoms with Crippen LogP contribution >= 0.6 is 15.9 Å². The zero-order valence-electron chi connectivity index (χ0n) is 10.3. The second-order valence-corrected chi connectivity index (χ2v) is 6.81. The first-order valence-corrected chi connectivity index (χ1v) is 7.76. The molecule has 0 atom stereocenters. The Kier molecular flexibility index (Phi) is 3.91.